The number of rotatable bonds is 5. The highest BCUT2D eigenvalue weighted by atomic mass is 16.9. The Labute approximate surface area is 61.2 Å². The van der Waals surface area contributed by atoms with Gasteiger partial charge in [0.25, 0.3) is 5.97 Å². The highest BCUT2D eigenvalue weighted by molar-refractivity contribution is 4.54. The molecule has 0 heterocycles. The molecule has 0 rings (SSSR count). The van der Waals surface area contributed by atoms with Crippen LogP contribution in [0.2, 0.25) is 0 Å². The highest BCUT2D eigenvalue weighted by Crippen LogP contribution is 2.15. The van der Waals surface area contributed by atoms with Crippen LogP contribution in [0.5, 0.6) is 0 Å². The number of hydrogen-bond donors (Lipinski definition) is 1. The second-order valence-corrected chi connectivity index (χ2v) is 1.83. The van der Waals surface area contributed by atoms with Crippen molar-refractivity contribution in [2.24, 2.45) is 5.73 Å². The van der Waals surface area contributed by atoms with E-state index in [2.05, 4.69) is 0 Å². The number of nitrogens with two attached hydrogens (primary N) is 1. The molecule has 4 nitrogen and oxygen atoms in total. The first-order valence-corrected chi connectivity index (χ1v) is 3.10. The average molecular weight is 149 g/mol. The van der Waals surface area contributed by atoms with Crippen LogP contribution < -0.4 is 5.73 Å². The molecule has 0 fully saturated rings. The molecule has 10 heavy (non-hydrogen) atoms. The molecule has 0 aromatic heterocycles. The number of hydrogen-bond acceptors (Lipinski definition) is 4. The van der Waals surface area contributed by atoms with Gasteiger partial charge in [-0.05, 0) is 0 Å². The zero-order valence-electron chi connectivity index (χ0n) is 6.72. The average Bonchev–Trinajstić information content (AvgIpc) is 2.01. The van der Waals surface area contributed by atoms with E-state index in [0.29, 0.717) is 13.0 Å². The largest absolute Gasteiger partial charge is 0.331 e. The van der Waals surface area contributed by atoms with Gasteiger partial charge in [0, 0.05) is 34.3 Å². The van der Waals surface area contributed by atoms with Gasteiger partial charge in [-0.2, -0.15) is 0 Å². The van der Waals surface area contributed by atoms with Crippen LogP contribution in [-0.2, 0) is 14.2 Å². The van der Waals surface area contributed by atoms with Gasteiger partial charge in [-0.15, -0.1) is 0 Å². The maximum atomic E-state index is 5.30. The van der Waals surface area contributed by atoms with Gasteiger partial charge in [-0.3, -0.25) is 0 Å². The topological polar surface area (TPSA) is 53.7 Å². The molecule has 0 atom stereocenters. The Bertz CT molecular complexity index is 74.8. The van der Waals surface area contributed by atoms with Crippen molar-refractivity contribution < 1.29 is 14.2 Å². The van der Waals surface area contributed by atoms with Gasteiger partial charge >= 0.3 is 0 Å². The summed E-state index contributed by atoms with van der Waals surface area (Å²) in [4.78, 5) is 0. The third-order valence-corrected chi connectivity index (χ3v) is 1.38. The van der Waals surface area contributed by atoms with E-state index < -0.39 is 5.97 Å². The molecule has 2 N–H and O–H groups in total. The molecule has 0 aromatic rings. The van der Waals surface area contributed by atoms with E-state index >= 15 is 0 Å². The Morgan fingerprint density at radius 1 is 1.10 bits per heavy atom. The summed E-state index contributed by atoms with van der Waals surface area (Å²) in [6.07, 6.45) is 0.524. The lowest BCUT2D eigenvalue weighted by Gasteiger charge is -2.27. The van der Waals surface area contributed by atoms with Crippen LogP contribution in [0.25, 0.3) is 0 Å². The monoisotopic (exact) mass is 149 g/mol. The number of methoxy groups -OCH3 is 3. The fourth-order valence-electron chi connectivity index (χ4n) is 0.733. The quantitative estimate of drug-likeness (QED) is 0.556. The van der Waals surface area contributed by atoms with E-state index in [-0.39, 0.29) is 0 Å². The molecule has 0 aliphatic rings. The van der Waals surface area contributed by atoms with E-state index in [0.717, 1.165) is 0 Å². The molecule has 0 aliphatic heterocycles. The van der Waals surface area contributed by atoms with Crippen LogP contribution in [0.15, 0.2) is 0 Å². The first-order valence-electron chi connectivity index (χ1n) is 3.10. The Balaban J connectivity index is 3.87. The van der Waals surface area contributed by atoms with Crippen molar-refractivity contribution >= 4 is 0 Å². The minimum atomic E-state index is -0.950. The van der Waals surface area contributed by atoms with Crippen LogP contribution in [0, 0.1) is 0 Å². The van der Waals surface area contributed by atoms with E-state index in [9.17, 15) is 0 Å². The van der Waals surface area contributed by atoms with Crippen molar-refractivity contribution in [2.75, 3.05) is 27.9 Å². The third kappa shape index (κ3) is 2.22. The van der Waals surface area contributed by atoms with Crippen molar-refractivity contribution in [3.05, 3.63) is 0 Å². The summed E-state index contributed by atoms with van der Waals surface area (Å²) in [5.74, 6) is -0.950. The van der Waals surface area contributed by atoms with Crippen LogP contribution in [-0.4, -0.2) is 33.8 Å². The summed E-state index contributed by atoms with van der Waals surface area (Å²) in [6.45, 7) is 0.468. The fraction of sp³-hybridized carbons (Fsp3) is 1.00. The van der Waals surface area contributed by atoms with Gasteiger partial charge in [0.05, 0.1) is 0 Å². The molecule has 0 aromatic carbocycles. The fourth-order valence-corrected chi connectivity index (χ4v) is 0.733. The van der Waals surface area contributed by atoms with Gasteiger partial charge in [-0.25, -0.2) is 0 Å². The molecule has 0 spiro atoms. The first kappa shape index (κ1) is 9.84. The predicted molar refractivity (Wildman–Crippen MR) is 37.4 cm³/mol. The van der Waals surface area contributed by atoms with Gasteiger partial charge in [-0.1, -0.05) is 0 Å². The lowest BCUT2D eigenvalue weighted by Crippen LogP contribution is -2.38. The SMILES string of the molecule is COC(CCN)(OC)OC. The van der Waals surface area contributed by atoms with Crippen LogP contribution in [0.1, 0.15) is 6.42 Å². The van der Waals surface area contributed by atoms with Crippen LogP contribution >= 0.6 is 0 Å². The van der Waals surface area contributed by atoms with Gasteiger partial charge in [0.15, 0.2) is 0 Å². The summed E-state index contributed by atoms with van der Waals surface area (Å²) in [5, 5.41) is 0. The Morgan fingerprint density at radius 3 is 1.60 bits per heavy atom. The van der Waals surface area contributed by atoms with Crippen molar-refractivity contribution in [1.29, 1.82) is 0 Å². The first-order chi connectivity index (χ1) is 4.74. The van der Waals surface area contributed by atoms with Gasteiger partial charge in [0.1, 0.15) is 0 Å². The Kier molecular flexibility index (Phi) is 4.55. The van der Waals surface area contributed by atoms with Crippen molar-refractivity contribution in [1.82, 2.24) is 0 Å². The standard InChI is InChI=1S/C6H15NO3/c1-8-6(9-2,10-3)4-5-7/h4-5,7H2,1-3H3. The van der Waals surface area contributed by atoms with Crippen LogP contribution in [0.3, 0.4) is 0 Å². The van der Waals surface area contributed by atoms with Gasteiger partial charge in [0.2, 0.25) is 0 Å². The highest BCUT2D eigenvalue weighted by Gasteiger charge is 2.27. The second-order valence-electron chi connectivity index (χ2n) is 1.83. The molecular formula is C6H15NO3. The number of ether oxygens (including phenoxy) is 3. The van der Waals surface area contributed by atoms with Crippen molar-refractivity contribution in [3.8, 4) is 0 Å². The predicted octanol–water partition coefficient (Wildman–Crippen LogP) is -0.0718. The van der Waals surface area contributed by atoms with Crippen molar-refractivity contribution in [2.45, 2.75) is 12.4 Å². The maximum absolute atomic E-state index is 5.30. The van der Waals surface area contributed by atoms with E-state index in [4.69, 9.17) is 19.9 Å². The Hall–Kier alpha value is -0.160. The summed E-state index contributed by atoms with van der Waals surface area (Å²) in [5.41, 5.74) is 5.30. The molecule has 0 saturated heterocycles. The Morgan fingerprint density at radius 2 is 1.50 bits per heavy atom. The van der Waals surface area contributed by atoms with Gasteiger partial charge < -0.3 is 19.9 Å². The second kappa shape index (κ2) is 4.62. The molecule has 0 radical (unpaired) electrons. The maximum Gasteiger partial charge on any atom is 0.283 e. The third-order valence-electron chi connectivity index (χ3n) is 1.38. The van der Waals surface area contributed by atoms with Crippen molar-refractivity contribution in [3.63, 3.8) is 0 Å². The van der Waals surface area contributed by atoms with E-state index in [1.807, 2.05) is 0 Å². The zero-order valence-corrected chi connectivity index (χ0v) is 6.72. The molecule has 0 saturated carbocycles. The molecule has 62 valence electrons. The molecule has 0 bridgehead atoms. The molecule has 0 aliphatic carbocycles. The summed E-state index contributed by atoms with van der Waals surface area (Å²) in [6, 6.07) is 0. The minimum Gasteiger partial charge on any atom is -0.331 e. The lowest BCUT2D eigenvalue weighted by molar-refractivity contribution is -0.353. The molecule has 4 heteroatoms. The smallest absolute Gasteiger partial charge is 0.283 e. The summed E-state index contributed by atoms with van der Waals surface area (Å²) < 4.78 is 14.9. The van der Waals surface area contributed by atoms with E-state index in [1.54, 1.807) is 0 Å². The minimum absolute atomic E-state index is 0.468. The lowest BCUT2D eigenvalue weighted by atomic mass is 10.4. The van der Waals surface area contributed by atoms with Crippen LogP contribution in [0.4, 0.5) is 0 Å². The summed E-state index contributed by atoms with van der Waals surface area (Å²) in [7, 11) is 4.55. The molecule has 0 amide bonds. The normalized spacial score (nSPS) is 12.0. The molecular weight excluding hydrogens is 134 g/mol. The zero-order chi connectivity index (χ0) is 8.04. The van der Waals surface area contributed by atoms with E-state index in [1.165, 1.54) is 21.3 Å². The summed E-state index contributed by atoms with van der Waals surface area (Å²) >= 11 is 0. The molecule has 0 unspecified atom stereocenters.